The maximum atomic E-state index is 12.0. The van der Waals surface area contributed by atoms with Crippen molar-refractivity contribution in [3.63, 3.8) is 0 Å². The van der Waals surface area contributed by atoms with Crippen LogP contribution in [0.1, 0.15) is 19.3 Å². The van der Waals surface area contributed by atoms with Crippen LogP contribution in [0.4, 0.5) is 5.69 Å². The number of nitrogens with one attached hydrogen (secondary N) is 1. The molecule has 0 saturated heterocycles. The highest BCUT2D eigenvalue weighted by molar-refractivity contribution is 6.43. The lowest BCUT2D eigenvalue weighted by Crippen LogP contribution is -2.21. The summed E-state index contributed by atoms with van der Waals surface area (Å²) in [5, 5.41) is 3.77. The molecule has 0 aromatic heterocycles. The van der Waals surface area contributed by atoms with Crippen molar-refractivity contribution in [1.82, 2.24) is 0 Å². The summed E-state index contributed by atoms with van der Waals surface area (Å²) < 4.78 is 0. The highest BCUT2D eigenvalue weighted by Crippen LogP contribution is 2.54. The third-order valence-corrected chi connectivity index (χ3v) is 4.64. The van der Waals surface area contributed by atoms with Crippen molar-refractivity contribution in [1.29, 1.82) is 0 Å². The predicted molar refractivity (Wildman–Crippen MR) is 69.4 cm³/mol. The summed E-state index contributed by atoms with van der Waals surface area (Å²) in [6.07, 6.45) is 3.39. The first-order valence-electron chi connectivity index (χ1n) is 5.90. The van der Waals surface area contributed by atoms with E-state index in [1.54, 1.807) is 18.2 Å². The first-order chi connectivity index (χ1) is 8.15. The summed E-state index contributed by atoms with van der Waals surface area (Å²) in [5.74, 6) is 1.86. The molecule has 0 aliphatic heterocycles. The molecule has 0 spiro atoms. The molecule has 0 bridgehead atoms. The molecule has 2 aliphatic carbocycles. The molecule has 2 unspecified atom stereocenters. The fourth-order valence-corrected chi connectivity index (χ4v) is 3.11. The smallest absolute Gasteiger partial charge is 0.227 e. The minimum atomic E-state index is 0.0846. The Hall–Kier alpha value is -0.730. The van der Waals surface area contributed by atoms with Crippen molar-refractivity contribution in [2.45, 2.75) is 19.3 Å². The summed E-state index contributed by atoms with van der Waals surface area (Å²) >= 11 is 11.9. The van der Waals surface area contributed by atoms with E-state index >= 15 is 0 Å². The molecule has 2 aliphatic rings. The van der Waals surface area contributed by atoms with Crippen LogP contribution in [0.2, 0.25) is 10.0 Å². The average Bonchev–Trinajstić information content (AvgIpc) is 2.92. The zero-order valence-corrected chi connectivity index (χ0v) is 10.8. The first-order valence-corrected chi connectivity index (χ1v) is 6.65. The topological polar surface area (TPSA) is 29.1 Å². The van der Waals surface area contributed by atoms with E-state index in [1.165, 1.54) is 6.42 Å². The number of anilines is 1. The molecule has 17 heavy (non-hydrogen) atoms. The van der Waals surface area contributed by atoms with Gasteiger partial charge in [0.1, 0.15) is 0 Å². The van der Waals surface area contributed by atoms with E-state index in [-0.39, 0.29) is 11.8 Å². The van der Waals surface area contributed by atoms with Crippen LogP contribution in [0, 0.1) is 17.8 Å². The van der Waals surface area contributed by atoms with Crippen LogP contribution in [0.25, 0.3) is 0 Å². The van der Waals surface area contributed by atoms with Crippen molar-refractivity contribution in [3.8, 4) is 0 Å². The van der Waals surface area contributed by atoms with Crippen molar-refractivity contribution in [2.24, 2.45) is 17.8 Å². The second kappa shape index (κ2) is 4.18. The van der Waals surface area contributed by atoms with E-state index in [4.69, 9.17) is 23.2 Å². The second-order valence-corrected chi connectivity index (χ2v) is 5.80. The van der Waals surface area contributed by atoms with Crippen LogP contribution in [-0.2, 0) is 4.79 Å². The normalized spacial score (nSPS) is 29.9. The zero-order valence-electron chi connectivity index (χ0n) is 9.25. The minimum Gasteiger partial charge on any atom is -0.324 e. The van der Waals surface area contributed by atoms with Gasteiger partial charge in [0.05, 0.1) is 15.7 Å². The number of hydrogen-bond acceptors (Lipinski definition) is 1. The van der Waals surface area contributed by atoms with Gasteiger partial charge in [-0.1, -0.05) is 29.3 Å². The van der Waals surface area contributed by atoms with Gasteiger partial charge in [-0.2, -0.15) is 0 Å². The lowest BCUT2D eigenvalue weighted by atomic mass is 10.0. The Bertz CT molecular complexity index is 464. The molecule has 0 heterocycles. The summed E-state index contributed by atoms with van der Waals surface area (Å²) in [5.41, 5.74) is 0.616. The number of amides is 1. The highest BCUT2D eigenvalue weighted by Gasteiger charge is 2.48. The molecule has 0 radical (unpaired) electrons. The van der Waals surface area contributed by atoms with Crippen molar-refractivity contribution in [2.75, 3.05) is 5.32 Å². The van der Waals surface area contributed by atoms with Gasteiger partial charge in [0, 0.05) is 5.92 Å². The SMILES string of the molecule is O=C(Nc1cccc(Cl)c1Cl)C1CC2CC2C1. The number of benzene rings is 1. The Labute approximate surface area is 110 Å². The summed E-state index contributed by atoms with van der Waals surface area (Å²) in [6, 6.07) is 5.28. The monoisotopic (exact) mass is 269 g/mol. The van der Waals surface area contributed by atoms with Gasteiger partial charge in [0.2, 0.25) is 5.91 Å². The number of hydrogen-bond donors (Lipinski definition) is 1. The average molecular weight is 270 g/mol. The Kier molecular flexibility index (Phi) is 2.80. The Morgan fingerprint density at radius 2 is 1.88 bits per heavy atom. The number of carbonyl (C=O) groups is 1. The molecule has 4 heteroatoms. The van der Waals surface area contributed by atoms with E-state index in [2.05, 4.69) is 5.32 Å². The molecule has 2 nitrogen and oxygen atoms in total. The van der Waals surface area contributed by atoms with E-state index in [9.17, 15) is 4.79 Å². The van der Waals surface area contributed by atoms with Gasteiger partial charge in [-0.15, -0.1) is 0 Å². The Balaban J connectivity index is 1.69. The van der Waals surface area contributed by atoms with Crippen molar-refractivity contribution < 1.29 is 4.79 Å². The first kappa shape index (κ1) is 11.4. The van der Waals surface area contributed by atoms with E-state index in [1.807, 2.05) is 0 Å². The van der Waals surface area contributed by atoms with Gasteiger partial charge in [-0.05, 0) is 43.2 Å². The van der Waals surface area contributed by atoms with Crippen molar-refractivity contribution >= 4 is 34.8 Å². The third-order valence-electron chi connectivity index (χ3n) is 3.82. The van der Waals surface area contributed by atoms with Gasteiger partial charge in [0.25, 0.3) is 0 Å². The number of fused-ring (bicyclic) bond motifs is 1. The van der Waals surface area contributed by atoms with Gasteiger partial charge in [-0.25, -0.2) is 0 Å². The molecule has 2 atom stereocenters. The quantitative estimate of drug-likeness (QED) is 0.865. The third kappa shape index (κ3) is 2.16. The molecular formula is C13H13Cl2NO. The van der Waals surface area contributed by atoms with Crippen LogP contribution in [0.15, 0.2) is 18.2 Å². The standard InChI is InChI=1S/C13H13Cl2NO/c14-10-2-1-3-11(12(10)15)16-13(17)9-5-7-4-8(7)6-9/h1-3,7-9H,4-6H2,(H,16,17). The molecular weight excluding hydrogens is 257 g/mol. The lowest BCUT2D eigenvalue weighted by molar-refractivity contribution is -0.120. The van der Waals surface area contributed by atoms with Crippen LogP contribution >= 0.6 is 23.2 Å². The number of halogens is 2. The van der Waals surface area contributed by atoms with Gasteiger partial charge >= 0.3 is 0 Å². The van der Waals surface area contributed by atoms with Gasteiger partial charge in [0.15, 0.2) is 0 Å². The fourth-order valence-electron chi connectivity index (χ4n) is 2.76. The molecule has 2 saturated carbocycles. The summed E-state index contributed by atoms with van der Waals surface area (Å²) in [6.45, 7) is 0. The highest BCUT2D eigenvalue weighted by atomic mass is 35.5. The maximum absolute atomic E-state index is 12.0. The Morgan fingerprint density at radius 1 is 1.18 bits per heavy atom. The van der Waals surface area contributed by atoms with Crippen molar-refractivity contribution in [3.05, 3.63) is 28.2 Å². The van der Waals surface area contributed by atoms with E-state index < -0.39 is 0 Å². The van der Waals surface area contributed by atoms with E-state index in [0.717, 1.165) is 24.7 Å². The zero-order chi connectivity index (χ0) is 12.0. The molecule has 1 amide bonds. The lowest BCUT2D eigenvalue weighted by Gasteiger charge is -2.13. The summed E-state index contributed by atoms with van der Waals surface area (Å²) in [4.78, 5) is 12.0. The predicted octanol–water partition coefficient (Wildman–Crippen LogP) is 3.98. The molecule has 3 rings (SSSR count). The number of rotatable bonds is 2. The molecule has 1 aromatic rings. The van der Waals surface area contributed by atoms with Crippen LogP contribution in [0.5, 0.6) is 0 Å². The van der Waals surface area contributed by atoms with Crippen LogP contribution in [0.3, 0.4) is 0 Å². The Morgan fingerprint density at radius 3 is 2.59 bits per heavy atom. The second-order valence-electron chi connectivity index (χ2n) is 5.01. The van der Waals surface area contributed by atoms with Crippen LogP contribution < -0.4 is 5.32 Å². The van der Waals surface area contributed by atoms with Gasteiger partial charge in [-0.3, -0.25) is 4.79 Å². The molecule has 2 fully saturated rings. The molecule has 1 aromatic carbocycles. The summed E-state index contributed by atoms with van der Waals surface area (Å²) in [7, 11) is 0. The number of carbonyl (C=O) groups excluding carboxylic acids is 1. The fraction of sp³-hybridized carbons (Fsp3) is 0.462. The largest absolute Gasteiger partial charge is 0.324 e. The molecule has 90 valence electrons. The van der Waals surface area contributed by atoms with E-state index in [0.29, 0.717) is 15.7 Å². The molecule has 1 N–H and O–H groups in total. The van der Waals surface area contributed by atoms with Crippen LogP contribution in [-0.4, -0.2) is 5.91 Å². The van der Waals surface area contributed by atoms with Gasteiger partial charge < -0.3 is 5.32 Å². The minimum absolute atomic E-state index is 0.0846. The maximum Gasteiger partial charge on any atom is 0.227 e.